The van der Waals surface area contributed by atoms with Crippen molar-refractivity contribution in [3.8, 4) is 11.3 Å². The second kappa shape index (κ2) is 7.95. The lowest BCUT2D eigenvalue weighted by Crippen LogP contribution is -2.37. The van der Waals surface area contributed by atoms with Crippen LogP contribution in [0.5, 0.6) is 0 Å². The third-order valence-electron chi connectivity index (χ3n) is 4.33. The minimum absolute atomic E-state index is 0.218. The molecule has 0 radical (unpaired) electrons. The topological polar surface area (TPSA) is 55.2 Å². The summed E-state index contributed by atoms with van der Waals surface area (Å²) in [6.45, 7) is 2.09. The van der Waals surface area contributed by atoms with E-state index in [9.17, 15) is 14.0 Å². The summed E-state index contributed by atoms with van der Waals surface area (Å²) in [5.41, 5.74) is 1.80. The highest BCUT2D eigenvalue weighted by molar-refractivity contribution is 5.79. The van der Waals surface area contributed by atoms with Crippen LogP contribution >= 0.6 is 0 Å². The zero-order valence-electron chi connectivity index (χ0n) is 15.2. The van der Waals surface area contributed by atoms with Gasteiger partial charge >= 0.3 is 0 Å². The van der Waals surface area contributed by atoms with Crippen molar-refractivity contribution in [2.24, 2.45) is 0 Å². The number of benzene rings is 2. The van der Waals surface area contributed by atoms with E-state index in [1.54, 1.807) is 37.1 Å². The molecule has 0 aliphatic carbocycles. The molecule has 27 heavy (non-hydrogen) atoms. The second-order valence-corrected chi connectivity index (χ2v) is 6.36. The smallest absolute Gasteiger partial charge is 0.267 e. The number of carbonyl (C=O) groups is 1. The van der Waals surface area contributed by atoms with Gasteiger partial charge in [-0.1, -0.05) is 30.3 Å². The van der Waals surface area contributed by atoms with Gasteiger partial charge in [0.2, 0.25) is 5.91 Å². The zero-order chi connectivity index (χ0) is 19.4. The Morgan fingerprint density at radius 2 is 1.74 bits per heavy atom. The molecular weight excluding hydrogens is 345 g/mol. The van der Waals surface area contributed by atoms with Gasteiger partial charge in [-0.2, -0.15) is 5.10 Å². The number of aromatic nitrogens is 2. The molecule has 3 aromatic rings. The van der Waals surface area contributed by atoms with Crippen LogP contribution in [-0.2, 0) is 11.3 Å². The van der Waals surface area contributed by atoms with E-state index >= 15 is 0 Å². The normalized spacial score (nSPS) is 11.8. The molecule has 1 unspecified atom stereocenters. The summed E-state index contributed by atoms with van der Waals surface area (Å²) >= 11 is 0. The predicted octanol–water partition coefficient (Wildman–Crippen LogP) is 3.27. The van der Waals surface area contributed by atoms with E-state index < -0.39 is 6.04 Å². The van der Waals surface area contributed by atoms with Crippen molar-refractivity contribution in [3.63, 3.8) is 0 Å². The van der Waals surface area contributed by atoms with Crippen LogP contribution in [0.15, 0.2) is 71.5 Å². The first-order chi connectivity index (χ1) is 13.0. The van der Waals surface area contributed by atoms with Gasteiger partial charge in [-0.3, -0.25) is 9.59 Å². The Hall–Kier alpha value is -3.28. The van der Waals surface area contributed by atoms with Crippen molar-refractivity contribution in [1.82, 2.24) is 14.7 Å². The first-order valence-corrected chi connectivity index (χ1v) is 8.60. The van der Waals surface area contributed by atoms with Gasteiger partial charge in [-0.15, -0.1) is 0 Å². The van der Waals surface area contributed by atoms with Gasteiger partial charge in [0.25, 0.3) is 5.56 Å². The molecule has 1 aromatic heterocycles. The van der Waals surface area contributed by atoms with Gasteiger partial charge in [-0.05, 0) is 42.8 Å². The number of rotatable bonds is 5. The summed E-state index contributed by atoms with van der Waals surface area (Å²) in [7, 11) is 1.70. The van der Waals surface area contributed by atoms with Crippen molar-refractivity contribution in [1.29, 1.82) is 0 Å². The number of amides is 1. The number of hydrogen-bond donors (Lipinski definition) is 0. The Morgan fingerprint density at radius 1 is 1.07 bits per heavy atom. The number of carbonyl (C=O) groups excluding carboxylic acids is 1. The maximum absolute atomic E-state index is 13.1. The minimum atomic E-state index is -0.758. The average Bonchev–Trinajstić information content (AvgIpc) is 2.68. The third kappa shape index (κ3) is 4.28. The molecule has 1 atom stereocenters. The molecule has 0 saturated heterocycles. The van der Waals surface area contributed by atoms with Crippen LogP contribution in [0.2, 0.25) is 0 Å². The molecule has 1 amide bonds. The average molecular weight is 365 g/mol. The highest BCUT2D eigenvalue weighted by Gasteiger charge is 2.21. The minimum Gasteiger partial charge on any atom is -0.340 e. The van der Waals surface area contributed by atoms with Crippen molar-refractivity contribution in [2.45, 2.75) is 19.5 Å². The van der Waals surface area contributed by atoms with Gasteiger partial charge in [0.15, 0.2) is 0 Å². The highest BCUT2D eigenvalue weighted by Crippen LogP contribution is 2.17. The molecule has 1 heterocycles. The van der Waals surface area contributed by atoms with Crippen LogP contribution in [0.1, 0.15) is 18.5 Å². The van der Waals surface area contributed by atoms with E-state index in [1.165, 1.54) is 22.9 Å². The SMILES string of the molecule is CC(C(=O)N(C)Cc1ccccc1)n1nc(-c2ccc(F)cc2)ccc1=O. The van der Waals surface area contributed by atoms with Gasteiger partial charge in [-0.25, -0.2) is 9.07 Å². The van der Waals surface area contributed by atoms with Crippen LogP contribution in [0, 0.1) is 5.82 Å². The fourth-order valence-electron chi connectivity index (χ4n) is 2.84. The van der Waals surface area contributed by atoms with E-state index in [0.717, 1.165) is 5.56 Å². The maximum Gasteiger partial charge on any atom is 0.267 e. The molecule has 138 valence electrons. The van der Waals surface area contributed by atoms with Gasteiger partial charge in [0.05, 0.1) is 5.69 Å². The molecule has 0 saturated carbocycles. The zero-order valence-corrected chi connectivity index (χ0v) is 15.2. The van der Waals surface area contributed by atoms with E-state index in [-0.39, 0.29) is 17.3 Å². The monoisotopic (exact) mass is 365 g/mol. The maximum atomic E-state index is 13.1. The summed E-state index contributed by atoms with van der Waals surface area (Å²) in [6.07, 6.45) is 0. The number of halogens is 1. The van der Waals surface area contributed by atoms with Crippen molar-refractivity contribution >= 4 is 5.91 Å². The summed E-state index contributed by atoms with van der Waals surface area (Å²) in [4.78, 5) is 26.6. The van der Waals surface area contributed by atoms with E-state index in [4.69, 9.17) is 0 Å². The van der Waals surface area contributed by atoms with Crippen LogP contribution in [0.4, 0.5) is 4.39 Å². The summed E-state index contributed by atoms with van der Waals surface area (Å²) in [6, 6.07) is 17.6. The highest BCUT2D eigenvalue weighted by atomic mass is 19.1. The molecule has 0 aliphatic rings. The molecule has 0 bridgehead atoms. The predicted molar refractivity (Wildman–Crippen MR) is 102 cm³/mol. The Labute approximate surface area is 156 Å². The Balaban J connectivity index is 1.84. The van der Waals surface area contributed by atoms with Crippen LogP contribution in [0.3, 0.4) is 0 Å². The molecule has 3 rings (SSSR count). The first kappa shape index (κ1) is 18.5. The molecule has 0 aliphatic heterocycles. The largest absolute Gasteiger partial charge is 0.340 e. The second-order valence-electron chi connectivity index (χ2n) is 6.36. The molecule has 0 fully saturated rings. The fraction of sp³-hybridized carbons (Fsp3) is 0.190. The fourth-order valence-corrected chi connectivity index (χ4v) is 2.84. The number of hydrogen-bond acceptors (Lipinski definition) is 3. The van der Waals surface area contributed by atoms with E-state index in [1.807, 2.05) is 30.3 Å². The quantitative estimate of drug-likeness (QED) is 0.697. The lowest BCUT2D eigenvalue weighted by atomic mass is 10.1. The molecule has 6 heteroatoms. The summed E-state index contributed by atoms with van der Waals surface area (Å²) in [5, 5.41) is 4.32. The molecule has 2 aromatic carbocycles. The molecule has 5 nitrogen and oxygen atoms in total. The lowest BCUT2D eigenvalue weighted by Gasteiger charge is -2.22. The number of likely N-dealkylation sites (N-methyl/N-ethyl adjacent to an activating group) is 1. The van der Waals surface area contributed by atoms with Gasteiger partial charge in [0.1, 0.15) is 11.9 Å². The van der Waals surface area contributed by atoms with E-state index in [0.29, 0.717) is 17.8 Å². The van der Waals surface area contributed by atoms with Gasteiger partial charge in [0, 0.05) is 25.2 Å². The van der Waals surface area contributed by atoms with Crippen molar-refractivity contribution in [2.75, 3.05) is 7.05 Å². The third-order valence-corrected chi connectivity index (χ3v) is 4.33. The Bertz CT molecular complexity index is 984. The van der Waals surface area contributed by atoms with Crippen molar-refractivity contribution in [3.05, 3.63) is 88.5 Å². The number of nitrogens with zero attached hydrogens (tertiary/aromatic N) is 3. The Morgan fingerprint density at radius 3 is 2.41 bits per heavy atom. The molecule has 0 spiro atoms. The first-order valence-electron chi connectivity index (χ1n) is 8.60. The van der Waals surface area contributed by atoms with Crippen LogP contribution in [-0.4, -0.2) is 27.6 Å². The molecule has 0 N–H and O–H groups in total. The Kier molecular flexibility index (Phi) is 5.45. The van der Waals surface area contributed by atoms with Gasteiger partial charge < -0.3 is 4.90 Å². The van der Waals surface area contributed by atoms with E-state index in [2.05, 4.69) is 5.10 Å². The lowest BCUT2D eigenvalue weighted by molar-refractivity contribution is -0.133. The summed E-state index contributed by atoms with van der Waals surface area (Å²) < 4.78 is 14.3. The summed E-state index contributed by atoms with van der Waals surface area (Å²) in [5.74, 6) is -0.567. The van der Waals surface area contributed by atoms with Crippen molar-refractivity contribution < 1.29 is 9.18 Å². The van der Waals surface area contributed by atoms with Crippen LogP contribution < -0.4 is 5.56 Å². The van der Waals surface area contributed by atoms with Crippen LogP contribution in [0.25, 0.3) is 11.3 Å². The standard InChI is InChI=1S/C21H20FN3O2/c1-15(21(27)24(2)14-16-6-4-3-5-7-16)25-20(26)13-12-19(23-25)17-8-10-18(22)11-9-17/h3-13,15H,14H2,1-2H3. The molecular formula is C21H20FN3O2.